The second-order valence-corrected chi connectivity index (χ2v) is 7.68. The van der Waals surface area contributed by atoms with Gasteiger partial charge < -0.3 is 14.5 Å². The van der Waals surface area contributed by atoms with Crippen molar-refractivity contribution >= 4 is 5.91 Å². The summed E-state index contributed by atoms with van der Waals surface area (Å²) < 4.78 is 5.22. The van der Waals surface area contributed by atoms with Gasteiger partial charge in [-0.05, 0) is 42.4 Å². The lowest BCUT2D eigenvalue weighted by atomic mass is 9.83. The molecule has 0 N–H and O–H groups in total. The third-order valence-corrected chi connectivity index (χ3v) is 5.36. The summed E-state index contributed by atoms with van der Waals surface area (Å²) in [5.74, 6) is 2.53. The molecule has 0 radical (unpaired) electrons. The summed E-state index contributed by atoms with van der Waals surface area (Å²) in [5, 5.41) is 0. The van der Waals surface area contributed by atoms with Crippen LogP contribution in [0.15, 0.2) is 24.3 Å². The van der Waals surface area contributed by atoms with E-state index in [1.165, 1.54) is 12.1 Å². The van der Waals surface area contributed by atoms with E-state index in [9.17, 15) is 4.79 Å². The topological polar surface area (TPSA) is 32.8 Å². The second-order valence-electron chi connectivity index (χ2n) is 7.68. The molecule has 2 saturated heterocycles. The molecule has 0 unspecified atom stereocenters. The van der Waals surface area contributed by atoms with Crippen LogP contribution in [0.1, 0.15) is 38.7 Å². The van der Waals surface area contributed by atoms with Gasteiger partial charge in [-0.3, -0.25) is 4.79 Å². The number of carbonyl (C=O) groups is 1. The lowest BCUT2D eigenvalue weighted by Gasteiger charge is -2.47. The number of hydrogen-bond acceptors (Lipinski definition) is 3. The van der Waals surface area contributed by atoms with Gasteiger partial charge in [0.05, 0.1) is 7.11 Å². The van der Waals surface area contributed by atoms with E-state index in [1.807, 2.05) is 12.1 Å². The molecule has 0 aromatic heterocycles. The molecule has 0 spiro atoms. The highest BCUT2D eigenvalue weighted by Gasteiger charge is 2.39. The van der Waals surface area contributed by atoms with E-state index in [0.717, 1.165) is 38.2 Å². The summed E-state index contributed by atoms with van der Waals surface area (Å²) >= 11 is 0. The lowest BCUT2D eigenvalue weighted by Crippen LogP contribution is -2.55. The summed E-state index contributed by atoms with van der Waals surface area (Å²) in [6.45, 7) is 8.74. The van der Waals surface area contributed by atoms with Crippen molar-refractivity contribution in [2.45, 2.75) is 45.7 Å². The monoisotopic (exact) mass is 330 g/mol. The summed E-state index contributed by atoms with van der Waals surface area (Å²) in [5.41, 5.74) is 1.19. The van der Waals surface area contributed by atoms with Crippen LogP contribution in [0.5, 0.6) is 5.75 Å². The quantitative estimate of drug-likeness (QED) is 0.831. The standard InChI is InChI=1S/C20H30N2O2/c1-15(2)12-21-11-10-19-17(14-21)6-9-20(23)22(19)13-16-4-7-18(24-3)8-5-16/h4-5,7-8,15,17,19H,6,9-14H2,1-3H3/t17-,19+/m1/s1. The third-order valence-electron chi connectivity index (χ3n) is 5.36. The molecule has 1 aromatic carbocycles. The van der Waals surface area contributed by atoms with Gasteiger partial charge in [-0.1, -0.05) is 26.0 Å². The van der Waals surface area contributed by atoms with Crippen molar-refractivity contribution < 1.29 is 9.53 Å². The minimum absolute atomic E-state index is 0.323. The van der Waals surface area contributed by atoms with Crippen molar-refractivity contribution in [1.29, 1.82) is 0 Å². The van der Waals surface area contributed by atoms with Gasteiger partial charge in [0.25, 0.3) is 0 Å². The Hall–Kier alpha value is -1.55. The Morgan fingerprint density at radius 2 is 1.96 bits per heavy atom. The van der Waals surface area contributed by atoms with E-state index >= 15 is 0 Å². The van der Waals surface area contributed by atoms with Crippen LogP contribution in [0.25, 0.3) is 0 Å². The van der Waals surface area contributed by atoms with Crippen LogP contribution in [0.2, 0.25) is 0 Å². The van der Waals surface area contributed by atoms with Crippen LogP contribution in [-0.4, -0.2) is 48.5 Å². The Labute approximate surface area is 145 Å². The first-order valence-electron chi connectivity index (χ1n) is 9.21. The van der Waals surface area contributed by atoms with E-state index in [-0.39, 0.29) is 0 Å². The van der Waals surface area contributed by atoms with Crippen molar-refractivity contribution in [2.75, 3.05) is 26.7 Å². The molecule has 3 rings (SSSR count). The molecule has 2 heterocycles. The third kappa shape index (κ3) is 3.92. The largest absolute Gasteiger partial charge is 0.497 e. The number of benzene rings is 1. The number of amides is 1. The fourth-order valence-corrected chi connectivity index (χ4v) is 4.24. The Balaban J connectivity index is 1.67. The predicted octanol–water partition coefficient (Wildman–Crippen LogP) is 3.16. The van der Waals surface area contributed by atoms with Crippen LogP contribution in [0.4, 0.5) is 0 Å². The molecule has 1 amide bonds. The zero-order valence-electron chi connectivity index (χ0n) is 15.2. The average molecular weight is 330 g/mol. The number of ether oxygens (including phenoxy) is 1. The van der Waals surface area contributed by atoms with Crippen LogP contribution < -0.4 is 4.74 Å². The average Bonchev–Trinajstić information content (AvgIpc) is 2.57. The smallest absolute Gasteiger partial charge is 0.223 e. The Morgan fingerprint density at radius 1 is 1.21 bits per heavy atom. The van der Waals surface area contributed by atoms with Gasteiger partial charge >= 0.3 is 0 Å². The fraction of sp³-hybridized carbons (Fsp3) is 0.650. The Kier molecular flexibility index (Phi) is 5.44. The van der Waals surface area contributed by atoms with E-state index in [4.69, 9.17) is 4.74 Å². The summed E-state index contributed by atoms with van der Waals surface area (Å²) in [7, 11) is 1.68. The molecular formula is C20H30N2O2. The van der Waals surface area contributed by atoms with E-state index < -0.39 is 0 Å². The summed E-state index contributed by atoms with van der Waals surface area (Å²) in [6, 6.07) is 8.52. The van der Waals surface area contributed by atoms with Gasteiger partial charge in [-0.25, -0.2) is 0 Å². The molecule has 132 valence electrons. The highest BCUT2D eigenvalue weighted by molar-refractivity contribution is 5.77. The minimum Gasteiger partial charge on any atom is -0.497 e. The zero-order valence-corrected chi connectivity index (χ0v) is 15.2. The van der Waals surface area contributed by atoms with Gasteiger partial charge in [0.2, 0.25) is 5.91 Å². The SMILES string of the molecule is COc1ccc(CN2C(=O)CC[C@@H]3CN(CC(C)C)CC[C@@H]32)cc1. The number of carbonyl (C=O) groups excluding carboxylic acids is 1. The molecule has 0 saturated carbocycles. The van der Waals surface area contributed by atoms with E-state index in [1.54, 1.807) is 7.11 Å². The minimum atomic E-state index is 0.323. The maximum absolute atomic E-state index is 12.5. The van der Waals surface area contributed by atoms with Crippen LogP contribution in [0, 0.1) is 11.8 Å². The number of piperidine rings is 2. The van der Waals surface area contributed by atoms with Gasteiger partial charge in [-0.15, -0.1) is 0 Å². The summed E-state index contributed by atoms with van der Waals surface area (Å²) in [6.07, 6.45) is 2.86. The number of methoxy groups -OCH3 is 1. The molecule has 4 heteroatoms. The lowest BCUT2D eigenvalue weighted by molar-refractivity contribution is -0.142. The highest BCUT2D eigenvalue weighted by Crippen LogP contribution is 2.32. The maximum Gasteiger partial charge on any atom is 0.223 e. The van der Waals surface area contributed by atoms with Gasteiger partial charge in [-0.2, -0.15) is 0 Å². The van der Waals surface area contributed by atoms with Crippen molar-refractivity contribution in [2.24, 2.45) is 11.8 Å². The number of hydrogen-bond donors (Lipinski definition) is 0. The van der Waals surface area contributed by atoms with Crippen molar-refractivity contribution in [3.8, 4) is 5.75 Å². The number of rotatable bonds is 5. The first-order valence-corrected chi connectivity index (χ1v) is 9.21. The second kappa shape index (κ2) is 7.56. The van der Waals surface area contributed by atoms with Gasteiger partial charge in [0.15, 0.2) is 0 Å². The molecule has 0 bridgehead atoms. The molecule has 2 aliphatic rings. The molecule has 4 nitrogen and oxygen atoms in total. The summed E-state index contributed by atoms with van der Waals surface area (Å²) in [4.78, 5) is 17.3. The fourth-order valence-electron chi connectivity index (χ4n) is 4.24. The number of nitrogens with zero attached hydrogens (tertiary/aromatic N) is 2. The zero-order chi connectivity index (χ0) is 17.1. The molecule has 1 aromatic rings. The van der Waals surface area contributed by atoms with Crippen LogP contribution in [0.3, 0.4) is 0 Å². The van der Waals surface area contributed by atoms with Crippen molar-refractivity contribution in [1.82, 2.24) is 9.80 Å². The number of fused-ring (bicyclic) bond motifs is 1. The van der Waals surface area contributed by atoms with Crippen molar-refractivity contribution in [3.05, 3.63) is 29.8 Å². The van der Waals surface area contributed by atoms with E-state index in [0.29, 0.717) is 30.2 Å². The Bertz CT molecular complexity index is 555. The number of likely N-dealkylation sites (tertiary alicyclic amines) is 2. The molecule has 2 atom stereocenters. The maximum atomic E-state index is 12.5. The van der Waals surface area contributed by atoms with E-state index in [2.05, 4.69) is 35.8 Å². The first-order chi connectivity index (χ1) is 11.6. The molecule has 0 aliphatic carbocycles. The van der Waals surface area contributed by atoms with Crippen molar-refractivity contribution in [3.63, 3.8) is 0 Å². The normalized spacial score (nSPS) is 25.0. The van der Waals surface area contributed by atoms with Gasteiger partial charge in [0.1, 0.15) is 5.75 Å². The van der Waals surface area contributed by atoms with Gasteiger partial charge in [0, 0.05) is 38.6 Å². The Morgan fingerprint density at radius 3 is 2.62 bits per heavy atom. The highest BCUT2D eigenvalue weighted by atomic mass is 16.5. The molecule has 2 aliphatic heterocycles. The first kappa shape index (κ1) is 17.3. The predicted molar refractivity (Wildman–Crippen MR) is 96.0 cm³/mol. The van der Waals surface area contributed by atoms with Crippen LogP contribution in [-0.2, 0) is 11.3 Å². The van der Waals surface area contributed by atoms with Crippen LogP contribution >= 0.6 is 0 Å². The molecule has 24 heavy (non-hydrogen) atoms. The molecule has 2 fully saturated rings. The molecular weight excluding hydrogens is 300 g/mol.